The Kier molecular flexibility index (Phi) is 14.9. The molecule has 29 heavy (non-hydrogen) atoms. The second-order valence-corrected chi connectivity index (χ2v) is 9.20. The van der Waals surface area contributed by atoms with Crippen molar-refractivity contribution in [1.82, 2.24) is 0 Å². The summed E-state index contributed by atoms with van der Waals surface area (Å²) in [5, 5.41) is 30.2. The second kappa shape index (κ2) is 15.6. The van der Waals surface area contributed by atoms with E-state index < -0.39 is 23.8 Å². The predicted molar refractivity (Wildman–Crippen MR) is 114 cm³/mol. The third kappa shape index (κ3) is 16.3. The molecule has 0 saturated carbocycles. The van der Waals surface area contributed by atoms with Crippen LogP contribution >= 0.6 is 0 Å². The van der Waals surface area contributed by atoms with Crippen molar-refractivity contribution in [3.8, 4) is 0 Å². The number of hydrogen-bond acceptors (Lipinski definition) is 5. The number of likely N-dealkylation sites (N-methyl/N-ethyl adjacent to an activating group) is 1. The van der Waals surface area contributed by atoms with E-state index >= 15 is 0 Å². The fourth-order valence-corrected chi connectivity index (χ4v) is 3.55. The molecule has 2 N–H and O–H groups in total. The molecule has 0 aromatic rings. The molecule has 0 saturated heterocycles. The van der Waals surface area contributed by atoms with Gasteiger partial charge in [-0.15, -0.1) is 0 Å². The number of aliphatic carboxylic acids is 1. The van der Waals surface area contributed by atoms with Crippen LogP contribution in [0.4, 0.5) is 0 Å². The van der Waals surface area contributed by atoms with Gasteiger partial charge in [0.15, 0.2) is 11.4 Å². The number of nitrogens with zero attached hydrogens (tertiary/aromatic N) is 1. The molecular formula is C23H43NO5. The van der Waals surface area contributed by atoms with E-state index in [1.807, 2.05) is 0 Å². The Balaban J connectivity index is 3.94. The zero-order chi connectivity index (χ0) is 22.2. The number of carboxylic acids is 1. The van der Waals surface area contributed by atoms with E-state index in [2.05, 4.69) is 0 Å². The summed E-state index contributed by atoms with van der Waals surface area (Å²) >= 11 is 0. The molecule has 0 bridgehead atoms. The number of aliphatic hydroxyl groups excluding tert-OH is 1. The van der Waals surface area contributed by atoms with Gasteiger partial charge in [0.1, 0.15) is 6.54 Å². The minimum atomic E-state index is -1.92. The van der Waals surface area contributed by atoms with Crippen LogP contribution in [-0.4, -0.2) is 66.3 Å². The average molecular weight is 414 g/mol. The molecule has 1 atom stereocenters. The molecule has 6 heteroatoms. The Labute approximate surface area is 177 Å². The van der Waals surface area contributed by atoms with Crippen molar-refractivity contribution in [2.45, 2.75) is 89.1 Å². The smallest absolute Gasteiger partial charge is 0.193 e. The third-order valence-corrected chi connectivity index (χ3v) is 4.93. The van der Waals surface area contributed by atoms with Gasteiger partial charge in [0, 0.05) is 19.0 Å². The van der Waals surface area contributed by atoms with Gasteiger partial charge >= 0.3 is 0 Å². The minimum Gasteiger partial charge on any atom is -0.550 e. The van der Waals surface area contributed by atoms with Crippen LogP contribution in [-0.2, 0) is 9.59 Å². The first-order valence-electron chi connectivity index (χ1n) is 11.2. The van der Waals surface area contributed by atoms with Crippen LogP contribution < -0.4 is 5.11 Å². The van der Waals surface area contributed by atoms with Crippen molar-refractivity contribution in [1.29, 1.82) is 0 Å². The fourth-order valence-electron chi connectivity index (χ4n) is 3.55. The van der Waals surface area contributed by atoms with Crippen LogP contribution in [0.2, 0.25) is 0 Å². The highest BCUT2D eigenvalue weighted by atomic mass is 16.4. The van der Waals surface area contributed by atoms with Crippen molar-refractivity contribution in [2.75, 3.05) is 34.3 Å². The van der Waals surface area contributed by atoms with Crippen LogP contribution in [0.5, 0.6) is 0 Å². The number of quaternary nitrogens is 1. The van der Waals surface area contributed by atoms with Gasteiger partial charge < -0.3 is 24.6 Å². The van der Waals surface area contributed by atoms with Crippen LogP contribution in [0.25, 0.3) is 0 Å². The highest BCUT2D eigenvalue weighted by Gasteiger charge is 2.39. The second-order valence-electron chi connectivity index (χ2n) is 9.20. The Bertz CT molecular complexity index is 484. The van der Waals surface area contributed by atoms with E-state index in [-0.39, 0.29) is 11.0 Å². The highest BCUT2D eigenvalue weighted by Crippen LogP contribution is 2.17. The van der Waals surface area contributed by atoms with Gasteiger partial charge in [0.25, 0.3) is 0 Å². The van der Waals surface area contributed by atoms with Crippen molar-refractivity contribution in [2.24, 2.45) is 0 Å². The SMILES string of the molecule is C[N+](C)(C)CC(O)(CC(=O)[O-])C(=O)/C=C/CCCCCCCCCCCCCO. The van der Waals surface area contributed by atoms with Gasteiger partial charge in [-0.3, -0.25) is 4.79 Å². The maximum absolute atomic E-state index is 12.3. The molecule has 0 fully saturated rings. The number of rotatable bonds is 19. The van der Waals surface area contributed by atoms with Crippen LogP contribution in [0, 0.1) is 0 Å². The predicted octanol–water partition coefficient (Wildman–Crippen LogP) is 2.36. The summed E-state index contributed by atoms with van der Waals surface area (Å²) in [6.07, 6.45) is 16.0. The molecule has 0 aliphatic carbocycles. The Hall–Kier alpha value is -1.24. The lowest BCUT2D eigenvalue weighted by molar-refractivity contribution is -0.875. The van der Waals surface area contributed by atoms with Crippen molar-refractivity contribution >= 4 is 11.8 Å². The van der Waals surface area contributed by atoms with Crippen LogP contribution in [0.1, 0.15) is 83.5 Å². The standard InChI is InChI=1S/C23H43NO5/c1-24(2,3)20-23(29,19-22(27)28)21(26)17-15-13-11-9-7-5-4-6-8-10-12-14-16-18-25/h15,17,25,29H,4-14,16,18-20H2,1-3H3/b17-15+. The summed E-state index contributed by atoms with van der Waals surface area (Å²) in [5.74, 6) is -1.98. The monoisotopic (exact) mass is 413 g/mol. The average Bonchev–Trinajstić information content (AvgIpc) is 2.59. The summed E-state index contributed by atoms with van der Waals surface area (Å²) in [4.78, 5) is 23.3. The van der Waals surface area contributed by atoms with Crippen LogP contribution in [0.3, 0.4) is 0 Å². The lowest BCUT2D eigenvalue weighted by atomic mass is 9.92. The molecule has 0 aromatic heterocycles. The molecular weight excluding hydrogens is 370 g/mol. The summed E-state index contributed by atoms with van der Waals surface area (Å²) in [6.45, 7) is 0.325. The van der Waals surface area contributed by atoms with Gasteiger partial charge in [0.05, 0.1) is 21.1 Å². The number of ketones is 1. The quantitative estimate of drug-likeness (QED) is 0.192. The fraction of sp³-hybridized carbons (Fsp3) is 0.826. The largest absolute Gasteiger partial charge is 0.550 e. The van der Waals surface area contributed by atoms with E-state index in [1.165, 1.54) is 51.0 Å². The number of carbonyl (C=O) groups is 2. The van der Waals surface area contributed by atoms with Crippen molar-refractivity contribution in [3.05, 3.63) is 12.2 Å². The molecule has 0 amide bonds. The molecule has 0 aliphatic rings. The maximum Gasteiger partial charge on any atom is 0.193 e. The number of carboxylic acid groups (broad SMARTS) is 1. The summed E-state index contributed by atoms with van der Waals surface area (Å²) in [5.41, 5.74) is -1.92. The van der Waals surface area contributed by atoms with Crippen molar-refractivity contribution < 1.29 is 29.4 Å². The van der Waals surface area contributed by atoms with Gasteiger partial charge in [-0.1, -0.05) is 63.9 Å². The first-order valence-corrected chi connectivity index (χ1v) is 11.2. The number of allylic oxidation sites excluding steroid dienone is 1. The first kappa shape index (κ1) is 27.8. The molecule has 1 unspecified atom stereocenters. The van der Waals surface area contributed by atoms with E-state index in [4.69, 9.17) is 5.11 Å². The third-order valence-electron chi connectivity index (χ3n) is 4.93. The zero-order valence-corrected chi connectivity index (χ0v) is 18.8. The molecule has 0 rings (SSSR count). The normalized spacial score (nSPS) is 14.2. The molecule has 0 heterocycles. The van der Waals surface area contributed by atoms with Crippen molar-refractivity contribution in [3.63, 3.8) is 0 Å². The van der Waals surface area contributed by atoms with E-state index in [0.29, 0.717) is 6.61 Å². The van der Waals surface area contributed by atoms with E-state index in [9.17, 15) is 19.8 Å². The topological polar surface area (TPSA) is 97.7 Å². The molecule has 0 radical (unpaired) electrons. The summed E-state index contributed by atoms with van der Waals surface area (Å²) in [7, 11) is 5.40. The van der Waals surface area contributed by atoms with E-state index in [0.717, 1.165) is 32.1 Å². The Morgan fingerprint density at radius 2 is 1.31 bits per heavy atom. The highest BCUT2D eigenvalue weighted by molar-refractivity contribution is 5.99. The summed E-state index contributed by atoms with van der Waals surface area (Å²) in [6, 6.07) is 0. The Morgan fingerprint density at radius 3 is 1.72 bits per heavy atom. The zero-order valence-electron chi connectivity index (χ0n) is 18.8. The minimum absolute atomic E-state index is 0.0194. The van der Waals surface area contributed by atoms with Gasteiger partial charge in [-0.2, -0.15) is 0 Å². The lowest BCUT2D eigenvalue weighted by Gasteiger charge is -2.34. The number of aliphatic hydroxyl groups is 2. The first-order chi connectivity index (χ1) is 13.6. The molecule has 170 valence electrons. The summed E-state index contributed by atoms with van der Waals surface area (Å²) < 4.78 is 0.284. The Morgan fingerprint density at radius 1 is 0.862 bits per heavy atom. The number of carbonyl (C=O) groups excluding carboxylic acids is 2. The molecule has 0 spiro atoms. The van der Waals surface area contributed by atoms with Gasteiger partial charge in [0.2, 0.25) is 0 Å². The molecule has 0 aliphatic heterocycles. The van der Waals surface area contributed by atoms with Gasteiger partial charge in [-0.05, 0) is 25.3 Å². The molecule has 6 nitrogen and oxygen atoms in total. The maximum atomic E-state index is 12.3. The van der Waals surface area contributed by atoms with E-state index in [1.54, 1.807) is 27.2 Å². The number of unbranched alkanes of at least 4 members (excludes halogenated alkanes) is 11. The molecule has 0 aromatic carbocycles. The lowest BCUT2D eigenvalue weighted by Crippen LogP contribution is -2.55. The van der Waals surface area contributed by atoms with Crippen LogP contribution in [0.15, 0.2) is 12.2 Å². The number of hydrogen-bond donors (Lipinski definition) is 2. The van der Waals surface area contributed by atoms with Gasteiger partial charge in [-0.25, -0.2) is 0 Å².